The first kappa shape index (κ1) is 22.0. The van der Waals surface area contributed by atoms with Crippen molar-refractivity contribution in [3.63, 3.8) is 0 Å². The van der Waals surface area contributed by atoms with Gasteiger partial charge in [-0.05, 0) is 29.7 Å². The standard InChI is InChI=1S/C23H29N3O4/c1-25-21(15-19-7-3-4-9-22(19)25)17-26(16-20-8-5-6-10-24-20)23(27)18-30-14-13-29-12-11-28-2/h3-10,15H,11-14,16-18H2,1-2H3. The van der Waals surface area contributed by atoms with Crippen LogP contribution in [0.4, 0.5) is 0 Å². The summed E-state index contributed by atoms with van der Waals surface area (Å²) in [5, 5.41) is 1.16. The van der Waals surface area contributed by atoms with Gasteiger partial charge in [0.2, 0.25) is 5.91 Å². The Labute approximate surface area is 177 Å². The lowest BCUT2D eigenvalue weighted by molar-refractivity contribution is -0.138. The maximum Gasteiger partial charge on any atom is 0.249 e. The Hall–Kier alpha value is -2.74. The highest BCUT2D eigenvalue weighted by Gasteiger charge is 2.18. The van der Waals surface area contributed by atoms with Gasteiger partial charge in [-0.15, -0.1) is 0 Å². The second kappa shape index (κ2) is 11.4. The molecule has 160 valence electrons. The number of hydrogen-bond donors (Lipinski definition) is 0. The third-order valence-electron chi connectivity index (χ3n) is 4.86. The van der Waals surface area contributed by atoms with E-state index < -0.39 is 0 Å². The molecular weight excluding hydrogens is 382 g/mol. The molecule has 0 saturated heterocycles. The number of aryl methyl sites for hydroxylation is 1. The predicted molar refractivity (Wildman–Crippen MR) is 115 cm³/mol. The number of pyridine rings is 1. The van der Waals surface area contributed by atoms with E-state index in [2.05, 4.69) is 27.8 Å². The van der Waals surface area contributed by atoms with Crippen molar-refractivity contribution in [1.29, 1.82) is 0 Å². The number of hydrogen-bond acceptors (Lipinski definition) is 5. The highest BCUT2D eigenvalue weighted by Crippen LogP contribution is 2.20. The Kier molecular flexibility index (Phi) is 8.38. The molecule has 2 aromatic heterocycles. The summed E-state index contributed by atoms with van der Waals surface area (Å²) in [6.07, 6.45) is 1.74. The van der Waals surface area contributed by atoms with Gasteiger partial charge in [0.05, 0.1) is 45.2 Å². The highest BCUT2D eigenvalue weighted by molar-refractivity contribution is 5.82. The second-order valence-electron chi connectivity index (χ2n) is 6.98. The van der Waals surface area contributed by atoms with Gasteiger partial charge in [0.25, 0.3) is 0 Å². The summed E-state index contributed by atoms with van der Waals surface area (Å²) in [6, 6.07) is 16.0. The Morgan fingerprint density at radius 3 is 2.53 bits per heavy atom. The molecule has 3 rings (SSSR count). The number of nitrogens with zero attached hydrogens (tertiary/aromatic N) is 3. The summed E-state index contributed by atoms with van der Waals surface area (Å²) in [6.45, 7) is 2.76. The zero-order valence-corrected chi connectivity index (χ0v) is 17.6. The van der Waals surface area contributed by atoms with Gasteiger partial charge in [0.1, 0.15) is 6.61 Å². The molecule has 0 atom stereocenters. The van der Waals surface area contributed by atoms with Crippen LogP contribution in [0.3, 0.4) is 0 Å². The van der Waals surface area contributed by atoms with E-state index in [-0.39, 0.29) is 12.5 Å². The van der Waals surface area contributed by atoms with Gasteiger partial charge in [-0.2, -0.15) is 0 Å². The number of fused-ring (bicyclic) bond motifs is 1. The first-order valence-corrected chi connectivity index (χ1v) is 10.0. The fraction of sp³-hybridized carbons (Fsp3) is 0.391. The van der Waals surface area contributed by atoms with Crippen LogP contribution in [0.1, 0.15) is 11.4 Å². The molecule has 0 spiro atoms. The van der Waals surface area contributed by atoms with E-state index in [9.17, 15) is 4.79 Å². The van der Waals surface area contributed by atoms with Crippen molar-refractivity contribution in [2.45, 2.75) is 13.1 Å². The van der Waals surface area contributed by atoms with Crippen LogP contribution in [0, 0.1) is 0 Å². The molecule has 30 heavy (non-hydrogen) atoms. The summed E-state index contributed by atoms with van der Waals surface area (Å²) in [5.41, 5.74) is 3.04. The van der Waals surface area contributed by atoms with Gasteiger partial charge in [-0.25, -0.2) is 0 Å². The molecule has 2 heterocycles. The highest BCUT2D eigenvalue weighted by atomic mass is 16.5. The van der Waals surface area contributed by atoms with E-state index in [1.807, 2.05) is 37.4 Å². The number of carbonyl (C=O) groups is 1. The van der Waals surface area contributed by atoms with Crippen molar-refractivity contribution in [2.75, 3.05) is 40.1 Å². The average molecular weight is 412 g/mol. The SMILES string of the molecule is COCCOCCOCC(=O)N(Cc1ccccn1)Cc1cc2ccccc2n1C. The lowest BCUT2D eigenvalue weighted by atomic mass is 10.2. The van der Waals surface area contributed by atoms with Gasteiger partial charge in [0, 0.05) is 31.6 Å². The fourth-order valence-electron chi connectivity index (χ4n) is 3.23. The number of rotatable bonds is 12. The number of aromatic nitrogens is 2. The largest absolute Gasteiger partial charge is 0.382 e. The van der Waals surface area contributed by atoms with Gasteiger partial charge < -0.3 is 23.7 Å². The van der Waals surface area contributed by atoms with Crippen LogP contribution in [0.15, 0.2) is 54.7 Å². The zero-order chi connectivity index (χ0) is 21.2. The van der Waals surface area contributed by atoms with E-state index >= 15 is 0 Å². The monoisotopic (exact) mass is 411 g/mol. The molecule has 1 amide bonds. The zero-order valence-electron chi connectivity index (χ0n) is 17.6. The first-order valence-electron chi connectivity index (χ1n) is 10.0. The molecule has 3 aromatic rings. The van der Waals surface area contributed by atoms with Crippen molar-refractivity contribution in [1.82, 2.24) is 14.5 Å². The number of benzene rings is 1. The van der Waals surface area contributed by atoms with Crippen LogP contribution < -0.4 is 0 Å². The minimum absolute atomic E-state index is 0.00438. The molecule has 7 heteroatoms. The van der Waals surface area contributed by atoms with Crippen LogP contribution >= 0.6 is 0 Å². The van der Waals surface area contributed by atoms with Crippen LogP contribution in [-0.2, 0) is 39.1 Å². The molecule has 0 saturated carbocycles. The first-order chi connectivity index (χ1) is 14.7. The summed E-state index contributed by atoms with van der Waals surface area (Å²) >= 11 is 0. The molecule has 1 aromatic carbocycles. The maximum absolute atomic E-state index is 12.9. The number of ether oxygens (including phenoxy) is 3. The van der Waals surface area contributed by atoms with Gasteiger partial charge in [0.15, 0.2) is 0 Å². The van der Waals surface area contributed by atoms with Gasteiger partial charge in [-0.3, -0.25) is 9.78 Å². The lowest BCUT2D eigenvalue weighted by Gasteiger charge is -2.23. The lowest BCUT2D eigenvalue weighted by Crippen LogP contribution is -2.34. The molecular formula is C23H29N3O4. The average Bonchev–Trinajstić information content (AvgIpc) is 3.09. The van der Waals surface area contributed by atoms with Crippen LogP contribution in [-0.4, -0.2) is 60.5 Å². The topological polar surface area (TPSA) is 65.8 Å². The summed E-state index contributed by atoms with van der Waals surface area (Å²) in [5.74, 6) is -0.0807. The molecule has 0 N–H and O–H groups in total. The molecule has 0 bridgehead atoms. The predicted octanol–water partition coefficient (Wildman–Crippen LogP) is 2.78. The van der Waals surface area contributed by atoms with E-state index in [1.54, 1.807) is 18.2 Å². The maximum atomic E-state index is 12.9. The smallest absolute Gasteiger partial charge is 0.249 e. The minimum atomic E-state index is -0.0807. The quantitative estimate of drug-likeness (QED) is 0.429. The fourth-order valence-corrected chi connectivity index (χ4v) is 3.23. The van der Waals surface area contributed by atoms with E-state index in [0.29, 0.717) is 39.5 Å². The third kappa shape index (κ3) is 6.13. The Morgan fingerprint density at radius 2 is 1.77 bits per heavy atom. The normalized spacial score (nSPS) is 11.1. The number of para-hydroxylation sites is 1. The number of methoxy groups -OCH3 is 1. The van der Waals surface area contributed by atoms with Crippen LogP contribution in [0.2, 0.25) is 0 Å². The number of amides is 1. The summed E-state index contributed by atoms with van der Waals surface area (Å²) in [4.78, 5) is 19.1. The third-order valence-corrected chi connectivity index (χ3v) is 4.86. The Morgan fingerprint density at radius 1 is 1.00 bits per heavy atom. The molecule has 0 radical (unpaired) electrons. The van der Waals surface area contributed by atoms with Crippen LogP contribution in [0.25, 0.3) is 10.9 Å². The molecule has 0 unspecified atom stereocenters. The van der Waals surface area contributed by atoms with Crippen LogP contribution in [0.5, 0.6) is 0 Å². The van der Waals surface area contributed by atoms with Gasteiger partial charge >= 0.3 is 0 Å². The minimum Gasteiger partial charge on any atom is -0.382 e. The van der Waals surface area contributed by atoms with Crippen molar-refractivity contribution in [2.24, 2.45) is 7.05 Å². The summed E-state index contributed by atoms with van der Waals surface area (Å²) in [7, 11) is 3.65. The van der Waals surface area contributed by atoms with E-state index in [4.69, 9.17) is 14.2 Å². The molecule has 0 fully saturated rings. The molecule has 0 aliphatic heterocycles. The van der Waals surface area contributed by atoms with Crippen molar-refractivity contribution in [3.8, 4) is 0 Å². The van der Waals surface area contributed by atoms with E-state index in [0.717, 1.165) is 22.3 Å². The summed E-state index contributed by atoms with van der Waals surface area (Å²) < 4.78 is 18.0. The Bertz CT molecular complexity index is 927. The van der Waals surface area contributed by atoms with Crippen molar-refractivity contribution >= 4 is 16.8 Å². The molecule has 7 nitrogen and oxygen atoms in total. The molecule has 0 aliphatic carbocycles. The van der Waals surface area contributed by atoms with E-state index in [1.165, 1.54) is 0 Å². The van der Waals surface area contributed by atoms with Crippen molar-refractivity contribution in [3.05, 3.63) is 66.1 Å². The van der Waals surface area contributed by atoms with Gasteiger partial charge in [-0.1, -0.05) is 24.3 Å². The molecule has 0 aliphatic rings. The Balaban J connectivity index is 1.64. The van der Waals surface area contributed by atoms with Crippen molar-refractivity contribution < 1.29 is 19.0 Å². The number of carbonyl (C=O) groups excluding carboxylic acids is 1. The second-order valence-corrected chi connectivity index (χ2v) is 6.98.